The number of fused-ring (bicyclic) bond motifs is 1. The number of aromatic nitrogens is 1. The molecule has 1 aromatic heterocycles. The van der Waals surface area contributed by atoms with Gasteiger partial charge in [-0.1, -0.05) is 29.8 Å². The number of nitrogens with two attached hydrogens (primary N) is 1. The monoisotopic (exact) mass is 309 g/mol. The first-order valence-corrected chi connectivity index (χ1v) is 7.77. The van der Waals surface area contributed by atoms with Gasteiger partial charge in [0.05, 0.1) is 11.2 Å². The summed E-state index contributed by atoms with van der Waals surface area (Å²) in [7, 11) is -3.48. The molecule has 2 aromatic rings. The van der Waals surface area contributed by atoms with Gasteiger partial charge >= 0.3 is 0 Å². The van der Waals surface area contributed by atoms with Gasteiger partial charge in [0.25, 0.3) is 0 Å². The Morgan fingerprint density at radius 2 is 2.30 bits per heavy atom. The van der Waals surface area contributed by atoms with Crippen LogP contribution in [-0.2, 0) is 10.0 Å². The zero-order valence-electron chi connectivity index (χ0n) is 10.3. The van der Waals surface area contributed by atoms with Crippen molar-refractivity contribution in [3.8, 4) is 17.6 Å². The lowest BCUT2D eigenvalue weighted by atomic mass is 10.2. The minimum atomic E-state index is -3.48. The molecule has 1 heterocycles. The predicted octanol–water partition coefficient (Wildman–Crippen LogP) is 0.999. The van der Waals surface area contributed by atoms with Crippen LogP contribution in [0, 0.1) is 11.8 Å². The van der Waals surface area contributed by atoms with Gasteiger partial charge in [0.2, 0.25) is 10.0 Å². The molecule has 4 N–H and O–H groups in total. The van der Waals surface area contributed by atoms with E-state index in [2.05, 4.69) is 28.1 Å². The smallest absolute Gasteiger partial charge is 0.233 e. The van der Waals surface area contributed by atoms with Crippen LogP contribution in [0.15, 0.2) is 24.1 Å². The lowest BCUT2D eigenvalue weighted by Crippen LogP contribution is -2.20. The Morgan fingerprint density at radius 1 is 1.55 bits per heavy atom. The number of hydrogen-bond donors (Lipinski definition) is 3. The molecule has 0 saturated heterocycles. The number of anilines is 1. The van der Waals surface area contributed by atoms with Crippen molar-refractivity contribution in [1.82, 2.24) is 9.71 Å². The van der Waals surface area contributed by atoms with Gasteiger partial charge in [-0.2, -0.15) is 4.72 Å². The Bertz CT molecular complexity index is 829. The zero-order chi connectivity index (χ0) is 14.8. The fourth-order valence-electron chi connectivity index (χ4n) is 1.44. The average molecular weight is 309 g/mol. The van der Waals surface area contributed by atoms with E-state index in [1.165, 1.54) is 17.4 Å². The molecule has 0 spiro atoms. The molecule has 0 unspecified atom stereocenters. The summed E-state index contributed by atoms with van der Waals surface area (Å²) in [6.07, 6.45) is 0. The molecular formula is C12H11N3O3S2. The number of sulfonamides is 1. The molecule has 0 aliphatic carbocycles. The molecule has 0 amide bonds. The molecule has 0 atom stereocenters. The largest absolute Gasteiger partial charge is 0.506 e. The first kappa shape index (κ1) is 14.3. The number of phenols is 1. The maximum atomic E-state index is 11.1. The van der Waals surface area contributed by atoms with E-state index in [0.29, 0.717) is 16.2 Å². The molecule has 0 aliphatic heterocycles. The molecule has 0 radical (unpaired) electrons. The summed E-state index contributed by atoms with van der Waals surface area (Å²) >= 11 is 1.24. The van der Waals surface area contributed by atoms with E-state index in [1.54, 1.807) is 6.07 Å². The summed E-state index contributed by atoms with van der Waals surface area (Å²) in [6, 6.07) is 3.19. The minimum Gasteiger partial charge on any atom is -0.506 e. The van der Waals surface area contributed by atoms with Crippen molar-refractivity contribution < 1.29 is 13.5 Å². The number of benzene rings is 1. The van der Waals surface area contributed by atoms with Crippen molar-refractivity contribution in [3.63, 3.8) is 0 Å². The van der Waals surface area contributed by atoms with E-state index in [4.69, 9.17) is 5.73 Å². The SMILES string of the molecule is C=CS(=O)(=O)NCC#Cc1cc(O)c2nc(N)sc2c1. The molecule has 20 heavy (non-hydrogen) atoms. The van der Waals surface area contributed by atoms with Crippen LogP contribution < -0.4 is 10.5 Å². The second-order valence-electron chi connectivity index (χ2n) is 3.73. The number of nitrogens with zero attached hydrogens (tertiary/aromatic N) is 1. The summed E-state index contributed by atoms with van der Waals surface area (Å²) in [4.78, 5) is 3.99. The first-order valence-electron chi connectivity index (χ1n) is 5.41. The molecule has 0 aliphatic rings. The Kier molecular flexibility index (Phi) is 3.94. The molecule has 0 bridgehead atoms. The van der Waals surface area contributed by atoms with Crippen molar-refractivity contribution in [3.05, 3.63) is 29.7 Å². The summed E-state index contributed by atoms with van der Waals surface area (Å²) in [5.74, 6) is 5.39. The van der Waals surface area contributed by atoms with Crippen LogP contribution >= 0.6 is 11.3 Å². The first-order chi connectivity index (χ1) is 9.41. The second-order valence-corrected chi connectivity index (χ2v) is 6.50. The fraction of sp³-hybridized carbons (Fsp3) is 0.0833. The highest BCUT2D eigenvalue weighted by Crippen LogP contribution is 2.31. The standard InChI is InChI=1S/C12H11N3O3S2/c1-2-20(17,18)14-5-3-4-8-6-9(16)11-10(7-8)19-12(13)15-11/h2,6-7,14,16H,1,5H2,(H2,13,15). The van der Waals surface area contributed by atoms with Crippen LogP contribution in [0.25, 0.3) is 10.2 Å². The van der Waals surface area contributed by atoms with Crippen LogP contribution in [-0.4, -0.2) is 25.1 Å². The second kappa shape index (κ2) is 5.50. The number of nitrogens with one attached hydrogen (secondary N) is 1. The van der Waals surface area contributed by atoms with E-state index < -0.39 is 10.0 Å². The molecule has 1 aromatic carbocycles. The van der Waals surface area contributed by atoms with Gasteiger partial charge in [-0.05, 0) is 12.1 Å². The molecular weight excluding hydrogens is 298 g/mol. The van der Waals surface area contributed by atoms with Crippen LogP contribution in [0.1, 0.15) is 5.56 Å². The molecule has 8 heteroatoms. The summed E-state index contributed by atoms with van der Waals surface area (Å²) < 4.78 is 25.1. The van der Waals surface area contributed by atoms with Gasteiger partial charge in [-0.25, -0.2) is 13.4 Å². The Hall–Kier alpha value is -2.08. The Labute approximate surface area is 120 Å². The maximum absolute atomic E-state index is 11.1. The minimum absolute atomic E-state index is 0.00794. The number of rotatable bonds is 3. The third-order valence-corrected chi connectivity index (χ3v) is 4.12. The number of nitrogen functional groups attached to an aromatic ring is 1. The third-order valence-electron chi connectivity index (χ3n) is 2.31. The molecule has 2 rings (SSSR count). The van der Waals surface area contributed by atoms with E-state index in [-0.39, 0.29) is 12.3 Å². The normalized spacial score (nSPS) is 11.0. The van der Waals surface area contributed by atoms with Crippen LogP contribution in [0.3, 0.4) is 0 Å². The third kappa shape index (κ3) is 3.27. The van der Waals surface area contributed by atoms with Crippen molar-refractivity contribution >= 4 is 36.7 Å². The number of thiazole rings is 1. The van der Waals surface area contributed by atoms with Gasteiger partial charge in [-0.15, -0.1) is 0 Å². The summed E-state index contributed by atoms with van der Waals surface area (Å²) in [6.45, 7) is 3.12. The van der Waals surface area contributed by atoms with Gasteiger partial charge in [0.1, 0.15) is 11.3 Å². The van der Waals surface area contributed by atoms with Crippen molar-refractivity contribution in [2.45, 2.75) is 0 Å². The van der Waals surface area contributed by atoms with Gasteiger partial charge in [0, 0.05) is 11.0 Å². The highest BCUT2D eigenvalue weighted by atomic mass is 32.2. The summed E-state index contributed by atoms with van der Waals surface area (Å²) in [5, 5.41) is 11.0. The zero-order valence-corrected chi connectivity index (χ0v) is 11.9. The van der Waals surface area contributed by atoms with Crippen molar-refractivity contribution in [2.24, 2.45) is 0 Å². The Morgan fingerprint density at radius 3 is 3.00 bits per heavy atom. The highest BCUT2D eigenvalue weighted by molar-refractivity contribution is 7.92. The Balaban J connectivity index is 2.21. The van der Waals surface area contributed by atoms with E-state index >= 15 is 0 Å². The number of hydrogen-bond acceptors (Lipinski definition) is 6. The van der Waals surface area contributed by atoms with Gasteiger partial charge in [-0.3, -0.25) is 0 Å². The van der Waals surface area contributed by atoms with E-state index in [9.17, 15) is 13.5 Å². The lowest BCUT2D eigenvalue weighted by molar-refractivity contribution is 0.480. The van der Waals surface area contributed by atoms with Crippen LogP contribution in [0.5, 0.6) is 5.75 Å². The van der Waals surface area contributed by atoms with Gasteiger partial charge in [0.15, 0.2) is 5.13 Å². The molecule has 0 saturated carbocycles. The quantitative estimate of drug-likeness (QED) is 0.734. The molecule has 6 nitrogen and oxygen atoms in total. The topological polar surface area (TPSA) is 105 Å². The van der Waals surface area contributed by atoms with Crippen molar-refractivity contribution in [2.75, 3.05) is 12.3 Å². The molecule has 104 valence electrons. The van der Waals surface area contributed by atoms with Gasteiger partial charge < -0.3 is 10.8 Å². The van der Waals surface area contributed by atoms with E-state index in [0.717, 1.165) is 10.1 Å². The lowest BCUT2D eigenvalue weighted by Gasteiger charge is -1.96. The average Bonchev–Trinajstić information content (AvgIpc) is 2.76. The van der Waals surface area contributed by atoms with Crippen LogP contribution in [0.2, 0.25) is 0 Å². The fourth-order valence-corrected chi connectivity index (χ4v) is 2.63. The predicted molar refractivity (Wildman–Crippen MR) is 79.7 cm³/mol. The number of aromatic hydroxyl groups is 1. The maximum Gasteiger partial charge on any atom is 0.233 e. The van der Waals surface area contributed by atoms with Crippen LogP contribution in [0.4, 0.5) is 5.13 Å². The number of phenolic OH excluding ortho intramolecular Hbond substituents is 1. The molecule has 0 fully saturated rings. The highest BCUT2D eigenvalue weighted by Gasteiger charge is 2.07. The van der Waals surface area contributed by atoms with E-state index in [1.807, 2.05) is 0 Å². The summed E-state index contributed by atoms with van der Waals surface area (Å²) in [5.41, 5.74) is 6.56. The van der Waals surface area contributed by atoms with Crippen molar-refractivity contribution in [1.29, 1.82) is 0 Å².